The van der Waals surface area contributed by atoms with Gasteiger partial charge in [0.25, 0.3) is 0 Å². The number of nitrogens with one attached hydrogen (secondary N) is 1. The average Bonchev–Trinajstić information content (AvgIpc) is 2.07. The smallest absolute Gasteiger partial charge is 0.303 e. The Labute approximate surface area is 103 Å². The number of carboxylic acid groups (broad SMARTS) is 1. The summed E-state index contributed by atoms with van der Waals surface area (Å²) in [6, 6.07) is 0. The number of aliphatic carboxylic acids is 1. The predicted molar refractivity (Wildman–Crippen MR) is 65.2 cm³/mol. The van der Waals surface area contributed by atoms with Gasteiger partial charge in [-0.25, -0.2) is 13.1 Å². The fraction of sp³-hybridized carbons (Fsp3) is 0.909. The van der Waals surface area contributed by atoms with Crippen LogP contribution < -0.4 is 4.72 Å². The molecule has 17 heavy (non-hydrogen) atoms. The molecule has 6 heteroatoms. The van der Waals surface area contributed by atoms with Gasteiger partial charge in [0.2, 0.25) is 10.0 Å². The summed E-state index contributed by atoms with van der Waals surface area (Å²) < 4.78 is 26.3. The molecule has 0 amide bonds. The van der Waals surface area contributed by atoms with Gasteiger partial charge in [-0.2, -0.15) is 0 Å². The summed E-state index contributed by atoms with van der Waals surface area (Å²) in [4.78, 5) is 10.5. The minimum Gasteiger partial charge on any atom is -0.481 e. The molecule has 2 N–H and O–H groups in total. The van der Waals surface area contributed by atoms with E-state index in [2.05, 4.69) is 4.72 Å². The fourth-order valence-corrected chi connectivity index (χ4v) is 3.88. The molecule has 0 aromatic carbocycles. The highest BCUT2D eigenvalue weighted by molar-refractivity contribution is 7.89. The SMILES string of the molecule is CC(C)(CCC(=O)O)NS(=O)(=O)CC1CCC1. The van der Waals surface area contributed by atoms with Crippen molar-refractivity contribution in [2.75, 3.05) is 5.75 Å². The average molecular weight is 263 g/mol. The van der Waals surface area contributed by atoms with Crippen LogP contribution in [0.25, 0.3) is 0 Å². The van der Waals surface area contributed by atoms with Crippen molar-refractivity contribution in [1.29, 1.82) is 0 Å². The molecule has 0 spiro atoms. The maximum Gasteiger partial charge on any atom is 0.303 e. The summed E-state index contributed by atoms with van der Waals surface area (Å²) in [7, 11) is -3.29. The van der Waals surface area contributed by atoms with E-state index >= 15 is 0 Å². The van der Waals surface area contributed by atoms with Crippen molar-refractivity contribution in [3.05, 3.63) is 0 Å². The molecule has 0 aromatic rings. The Morgan fingerprint density at radius 1 is 1.41 bits per heavy atom. The fourth-order valence-electron chi connectivity index (χ4n) is 1.90. The van der Waals surface area contributed by atoms with Crippen LogP contribution in [0.3, 0.4) is 0 Å². The van der Waals surface area contributed by atoms with Crippen LogP contribution in [0, 0.1) is 5.92 Å². The first-order valence-electron chi connectivity index (χ1n) is 5.94. The quantitative estimate of drug-likeness (QED) is 0.726. The lowest BCUT2D eigenvalue weighted by Crippen LogP contribution is -2.46. The highest BCUT2D eigenvalue weighted by Crippen LogP contribution is 2.28. The number of rotatable bonds is 7. The van der Waals surface area contributed by atoms with Crippen molar-refractivity contribution in [3.63, 3.8) is 0 Å². The van der Waals surface area contributed by atoms with Gasteiger partial charge in [-0.05, 0) is 39.0 Å². The van der Waals surface area contributed by atoms with E-state index in [0.29, 0.717) is 6.42 Å². The second kappa shape index (κ2) is 5.35. The molecule has 1 aliphatic carbocycles. The van der Waals surface area contributed by atoms with Crippen molar-refractivity contribution in [3.8, 4) is 0 Å². The van der Waals surface area contributed by atoms with E-state index in [1.54, 1.807) is 13.8 Å². The van der Waals surface area contributed by atoms with E-state index < -0.39 is 21.5 Å². The zero-order valence-corrected chi connectivity index (χ0v) is 11.2. The van der Waals surface area contributed by atoms with Gasteiger partial charge in [-0.15, -0.1) is 0 Å². The third-order valence-corrected chi connectivity index (χ3v) is 4.85. The summed E-state index contributed by atoms with van der Waals surface area (Å²) in [6.45, 7) is 3.43. The zero-order valence-electron chi connectivity index (χ0n) is 10.4. The Morgan fingerprint density at radius 3 is 2.41 bits per heavy atom. The number of carbonyl (C=O) groups is 1. The lowest BCUT2D eigenvalue weighted by Gasteiger charge is -2.29. The number of hydrogen-bond donors (Lipinski definition) is 2. The highest BCUT2D eigenvalue weighted by atomic mass is 32.2. The van der Waals surface area contributed by atoms with Crippen LogP contribution in [-0.4, -0.2) is 30.8 Å². The Kier molecular flexibility index (Phi) is 4.55. The monoisotopic (exact) mass is 263 g/mol. The number of sulfonamides is 1. The predicted octanol–water partition coefficient (Wildman–Crippen LogP) is 1.35. The maximum absolute atomic E-state index is 11.8. The minimum absolute atomic E-state index is 0.0288. The van der Waals surface area contributed by atoms with Crippen LogP contribution in [0.15, 0.2) is 0 Å². The molecule has 0 aromatic heterocycles. The number of hydrogen-bond acceptors (Lipinski definition) is 3. The molecule has 0 aliphatic heterocycles. The third-order valence-electron chi connectivity index (χ3n) is 3.08. The molecule has 1 aliphatic rings. The molecule has 5 nitrogen and oxygen atoms in total. The van der Waals surface area contributed by atoms with Gasteiger partial charge in [0.1, 0.15) is 0 Å². The first kappa shape index (κ1) is 14.4. The molecular weight excluding hydrogens is 242 g/mol. The molecule has 0 saturated heterocycles. The molecule has 0 bridgehead atoms. The van der Waals surface area contributed by atoms with E-state index in [-0.39, 0.29) is 18.1 Å². The topological polar surface area (TPSA) is 83.5 Å². The van der Waals surface area contributed by atoms with E-state index in [4.69, 9.17) is 5.11 Å². The van der Waals surface area contributed by atoms with Crippen molar-refractivity contribution in [1.82, 2.24) is 4.72 Å². The Morgan fingerprint density at radius 2 is 2.00 bits per heavy atom. The van der Waals surface area contributed by atoms with Gasteiger partial charge >= 0.3 is 5.97 Å². The van der Waals surface area contributed by atoms with Crippen LogP contribution in [0.1, 0.15) is 46.0 Å². The van der Waals surface area contributed by atoms with E-state index in [1.165, 1.54) is 0 Å². The summed E-state index contributed by atoms with van der Waals surface area (Å²) in [6.07, 6.45) is 3.35. The molecule has 100 valence electrons. The molecule has 1 saturated carbocycles. The Hall–Kier alpha value is -0.620. The Bertz CT molecular complexity index is 371. The molecule has 1 rings (SSSR count). The lowest BCUT2D eigenvalue weighted by molar-refractivity contribution is -0.137. The van der Waals surface area contributed by atoms with Gasteiger partial charge in [0, 0.05) is 12.0 Å². The van der Waals surface area contributed by atoms with Gasteiger partial charge in [0.15, 0.2) is 0 Å². The first-order chi connectivity index (χ1) is 7.70. The first-order valence-corrected chi connectivity index (χ1v) is 7.59. The van der Waals surface area contributed by atoms with Gasteiger partial charge in [-0.3, -0.25) is 4.79 Å². The second-order valence-electron chi connectivity index (χ2n) is 5.46. The summed E-state index contributed by atoms with van der Waals surface area (Å²) in [5, 5.41) is 8.59. The number of carboxylic acids is 1. The van der Waals surface area contributed by atoms with Crippen LogP contribution in [0.5, 0.6) is 0 Å². The van der Waals surface area contributed by atoms with Crippen LogP contribution in [-0.2, 0) is 14.8 Å². The van der Waals surface area contributed by atoms with Crippen molar-refractivity contribution in [2.45, 2.75) is 51.5 Å². The summed E-state index contributed by atoms with van der Waals surface area (Å²) in [5.74, 6) is -0.456. The van der Waals surface area contributed by atoms with Crippen LogP contribution in [0.4, 0.5) is 0 Å². The largest absolute Gasteiger partial charge is 0.481 e. The molecule has 1 fully saturated rings. The summed E-state index contributed by atoms with van der Waals surface area (Å²) in [5.41, 5.74) is -0.693. The van der Waals surface area contributed by atoms with E-state index in [0.717, 1.165) is 19.3 Å². The Balaban J connectivity index is 2.46. The molecular formula is C11H21NO4S. The maximum atomic E-state index is 11.8. The summed E-state index contributed by atoms with van der Waals surface area (Å²) >= 11 is 0. The molecule has 0 heterocycles. The molecule has 0 atom stereocenters. The highest BCUT2D eigenvalue weighted by Gasteiger charge is 2.29. The molecule has 0 unspecified atom stereocenters. The van der Waals surface area contributed by atoms with Gasteiger partial charge in [0.05, 0.1) is 5.75 Å². The van der Waals surface area contributed by atoms with Crippen molar-refractivity contribution >= 4 is 16.0 Å². The van der Waals surface area contributed by atoms with E-state index in [1.807, 2.05) is 0 Å². The van der Waals surface area contributed by atoms with Crippen LogP contribution in [0.2, 0.25) is 0 Å². The minimum atomic E-state index is -3.29. The van der Waals surface area contributed by atoms with Gasteiger partial charge in [-0.1, -0.05) is 6.42 Å². The lowest BCUT2D eigenvalue weighted by atomic mass is 9.87. The van der Waals surface area contributed by atoms with E-state index in [9.17, 15) is 13.2 Å². The van der Waals surface area contributed by atoms with Crippen molar-refractivity contribution < 1.29 is 18.3 Å². The standard InChI is InChI=1S/C11H21NO4S/c1-11(2,7-6-10(13)14)12-17(15,16)8-9-4-3-5-9/h9,12H,3-8H2,1-2H3,(H,13,14). The van der Waals surface area contributed by atoms with Gasteiger partial charge < -0.3 is 5.11 Å². The third kappa shape index (κ3) is 5.50. The normalized spacial score (nSPS) is 17.8. The molecule has 0 radical (unpaired) electrons. The van der Waals surface area contributed by atoms with Crippen molar-refractivity contribution in [2.24, 2.45) is 5.92 Å². The second-order valence-corrected chi connectivity index (χ2v) is 7.22. The van der Waals surface area contributed by atoms with Crippen LogP contribution >= 0.6 is 0 Å². The zero-order chi connectivity index (χ0) is 13.1.